The summed E-state index contributed by atoms with van der Waals surface area (Å²) >= 11 is 1.58. The van der Waals surface area contributed by atoms with Crippen molar-refractivity contribution in [3.63, 3.8) is 0 Å². The Bertz CT molecular complexity index is 909. The van der Waals surface area contributed by atoms with Crippen molar-refractivity contribution in [2.75, 3.05) is 13.1 Å². The predicted octanol–water partition coefficient (Wildman–Crippen LogP) is 2.99. The Kier molecular flexibility index (Phi) is 5.10. The van der Waals surface area contributed by atoms with Crippen LogP contribution in [0.5, 0.6) is 0 Å². The molecule has 4 rings (SSSR count). The maximum atomic E-state index is 12.5. The molecular weight excluding hydrogens is 364 g/mol. The molecule has 8 nitrogen and oxygen atoms in total. The molecule has 0 bridgehead atoms. The summed E-state index contributed by atoms with van der Waals surface area (Å²) in [4.78, 5) is 27.3. The summed E-state index contributed by atoms with van der Waals surface area (Å²) in [5.74, 6) is 1.14. The molecule has 9 heteroatoms. The van der Waals surface area contributed by atoms with Crippen molar-refractivity contribution >= 4 is 17.4 Å². The molecule has 1 N–H and O–H groups in total. The fourth-order valence-electron chi connectivity index (χ4n) is 3.14. The smallest absolute Gasteiger partial charge is 0.317 e. The number of likely N-dealkylation sites (tertiary alicyclic amines) is 1. The van der Waals surface area contributed by atoms with E-state index in [1.54, 1.807) is 28.6 Å². The SMILES string of the molecule is Cc1nc(CNC(=O)N2CCCC(c3nc(-c4cccnc4)no3)C2)cs1. The van der Waals surface area contributed by atoms with E-state index in [1.807, 2.05) is 24.4 Å². The molecule has 1 unspecified atom stereocenters. The van der Waals surface area contributed by atoms with Crippen LogP contribution in [-0.2, 0) is 6.54 Å². The quantitative estimate of drug-likeness (QED) is 0.743. The van der Waals surface area contributed by atoms with Gasteiger partial charge in [0, 0.05) is 36.4 Å². The minimum absolute atomic E-state index is 0.0453. The van der Waals surface area contributed by atoms with Crippen molar-refractivity contribution in [1.29, 1.82) is 0 Å². The number of carbonyl (C=O) groups excluding carboxylic acids is 1. The lowest BCUT2D eigenvalue weighted by atomic mass is 9.98. The van der Waals surface area contributed by atoms with E-state index >= 15 is 0 Å². The number of hydrogen-bond acceptors (Lipinski definition) is 7. The third-order valence-electron chi connectivity index (χ3n) is 4.51. The van der Waals surface area contributed by atoms with Gasteiger partial charge in [0.1, 0.15) is 0 Å². The standard InChI is InChI=1S/C18H20N6O2S/c1-12-21-15(11-27-12)9-20-18(25)24-7-3-5-14(10-24)17-22-16(23-26-17)13-4-2-6-19-8-13/h2,4,6,8,11,14H,3,5,7,9-10H2,1H3,(H,20,25). The van der Waals surface area contributed by atoms with E-state index in [-0.39, 0.29) is 11.9 Å². The van der Waals surface area contributed by atoms with Crippen molar-refractivity contribution in [3.8, 4) is 11.4 Å². The zero-order valence-electron chi connectivity index (χ0n) is 15.0. The normalized spacial score (nSPS) is 17.1. The summed E-state index contributed by atoms with van der Waals surface area (Å²) in [5, 5.41) is 9.96. The highest BCUT2D eigenvalue weighted by Crippen LogP contribution is 2.27. The van der Waals surface area contributed by atoms with Crippen LogP contribution >= 0.6 is 11.3 Å². The van der Waals surface area contributed by atoms with Crippen LogP contribution in [0.2, 0.25) is 0 Å². The highest BCUT2D eigenvalue weighted by Gasteiger charge is 2.28. The van der Waals surface area contributed by atoms with Gasteiger partial charge in [0.2, 0.25) is 11.7 Å². The van der Waals surface area contributed by atoms with Gasteiger partial charge in [0.15, 0.2) is 0 Å². The lowest BCUT2D eigenvalue weighted by Gasteiger charge is -2.30. The first-order valence-electron chi connectivity index (χ1n) is 8.87. The minimum Gasteiger partial charge on any atom is -0.339 e. The fraction of sp³-hybridized carbons (Fsp3) is 0.389. The third kappa shape index (κ3) is 4.13. The number of piperidine rings is 1. The van der Waals surface area contributed by atoms with E-state index in [9.17, 15) is 4.79 Å². The Labute approximate surface area is 160 Å². The molecule has 1 aliphatic rings. The van der Waals surface area contributed by atoms with Gasteiger partial charge in [0.05, 0.1) is 23.2 Å². The molecule has 140 valence electrons. The number of nitrogens with one attached hydrogen (secondary N) is 1. The Hall–Kier alpha value is -2.81. The maximum absolute atomic E-state index is 12.5. The molecule has 1 atom stereocenters. The third-order valence-corrected chi connectivity index (χ3v) is 5.33. The van der Waals surface area contributed by atoms with E-state index in [0.29, 0.717) is 24.8 Å². The fourth-order valence-corrected chi connectivity index (χ4v) is 3.76. The summed E-state index contributed by atoms with van der Waals surface area (Å²) in [6.07, 6.45) is 5.23. The van der Waals surface area contributed by atoms with Gasteiger partial charge in [-0.1, -0.05) is 5.16 Å². The van der Waals surface area contributed by atoms with E-state index in [0.717, 1.165) is 35.7 Å². The molecule has 0 aliphatic carbocycles. The second-order valence-electron chi connectivity index (χ2n) is 6.50. The van der Waals surface area contributed by atoms with Crippen LogP contribution in [0.3, 0.4) is 0 Å². The van der Waals surface area contributed by atoms with E-state index in [1.165, 1.54) is 0 Å². The Balaban J connectivity index is 1.38. The lowest BCUT2D eigenvalue weighted by Crippen LogP contribution is -2.44. The number of thiazole rings is 1. The molecular formula is C18H20N6O2S. The Morgan fingerprint density at radius 2 is 2.37 bits per heavy atom. The van der Waals surface area contributed by atoms with Crippen LogP contribution in [0, 0.1) is 6.92 Å². The summed E-state index contributed by atoms with van der Waals surface area (Å²) in [6.45, 7) is 3.68. The van der Waals surface area contributed by atoms with Crippen molar-refractivity contribution in [2.45, 2.75) is 32.2 Å². The number of aryl methyl sites for hydroxylation is 1. The molecule has 1 aliphatic heterocycles. The number of hydrogen-bond donors (Lipinski definition) is 1. The first-order chi connectivity index (χ1) is 13.2. The Morgan fingerprint density at radius 1 is 1.44 bits per heavy atom. The largest absolute Gasteiger partial charge is 0.339 e. The highest BCUT2D eigenvalue weighted by atomic mass is 32.1. The molecule has 27 heavy (non-hydrogen) atoms. The summed E-state index contributed by atoms with van der Waals surface area (Å²) in [7, 11) is 0. The van der Waals surface area contributed by atoms with Gasteiger partial charge in [-0.2, -0.15) is 4.98 Å². The van der Waals surface area contributed by atoms with Gasteiger partial charge in [0.25, 0.3) is 0 Å². The second-order valence-corrected chi connectivity index (χ2v) is 7.56. The molecule has 1 saturated heterocycles. The minimum atomic E-state index is -0.0858. The van der Waals surface area contributed by atoms with Gasteiger partial charge in [-0.3, -0.25) is 4.98 Å². The molecule has 0 aromatic carbocycles. The summed E-state index contributed by atoms with van der Waals surface area (Å²) in [5.41, 5.74) is 1.70. The van der Waals surface area contributed by atoms with E-state index < -0.39 is 0 Å². The lowest BCUT2D eigenvalue weighted by molar-refractivity contribution is 0.171. The van der Waals surface area contributed by atoms with Crippen LogP contribution < -0.4 is 5.32 Å². The number of aromatic nitrogens is 4. The van der Waals surface area contributed by atoms with Crippen LogP contribution in [0.1, 0.15) is 35.4 Å². The van der Waals surface area contributed by atoms with Crippen LogP contribution in [0.15, 0.2) is 34.4 Å². The zero-order chi connectivity index (χ0) is 18.6. The van der Waals surface area contributed by atoms with Gasteiger partial charge in [-0.05, 0) is 31.9 Å². The number of rotatable bonds is 4. The van der Waals surface area contributed by atoms with Gasteiger partial charge in [-0.25, -0.2) is 9.78 Å². The van der Waals surface area contributed by atoms with Crippen molar-refractivity contribution in [2.24, 2.45) is 0 Å². The first-order valence-corrected chi connectivity index (χ1v) is 9.75. The van der Waals surface area contributed by atoms with E-state index in [4.69, 9.17) is 4.52 Å². The average Bonchev–Trinajstić information content (AvgIpc) is 3.36. The first kappa shape index (κ1) is 17.6. The van der Waals surface area contributed by atoms with E-state index in [2.05, 4.69) is 25.4 Å². The molecule has 2 amide bonds. The van der Waals surface area contributed by atoms with Gasteiger partial charge in [-0.15, -0.1) is 11.3 Å². The number of amides is 2. The highest BCUT2D eigenvalue weighted by molar-refractivity contribution is 7.09. The van der Waals surface area contributed by atoms with Crippen LogP contribution in [0.4, 0.5) is 4.79 Å². The average molecular weight is 384 g/mol. The number of carbonyl (C=O) groups is 1. The second kappa shape index (κ2) is 7.83. The predicted molar refractivity (Wildman–Crippen MR) is 100 cm³/mol. The summed E-state index contributed by atoms with van der Waals surface area (Å²) < 4.78 is 5.46. The number of urea groups is 1. The topological polar surface area (TPSA) is 97.0 Å². The Morgan fingerprint density at radius 3 is 3.15 bits per heavy atom. The van der Waals surface area contributed by atoms with Crippen molar-refractivity contribution < 1.29 is 9.32 Å². The zero-order valence-corrected chi connectivity index (χ0v) is 15.8. The maximum Gasteiger partial charge on any atom is 0.317 e. The van der Waals surface area contributed by atoms with Crippen molar-refractivity contribution in [3.05, 3.63) is 46.5 Å². The number of nitrogens with zero attached hydrogens (tertiary/aromatic N) is 5. The molecule has 0 saturated carbocycles. The van der Waals surface area contributed by atoms with Crippen molar-refractivity contribution in [1.82, 2.24) is 30.3 Å². The molecule has 0 spiro atoms. The molecule has 4 heterocycles. The molecule has 3 aromatic heterocycles. The molecule has 1 fully saturated rings. The monoisotopic (exact) mass is 384 g/mol. The number of pyridine rings is 1. The van der Waals surface area contributed by atoms with Gasteiger partial charge < -0.3 is 14.7 Å². The van der Waals surface area contributed by atoms with Crippen LogP contribution in [-0.4, -0.2) is 44.1 Å². The summed E-state index contributed by atoms with van der Waals surface area (Å²) in [6, 6.07) is 3.64. The molecule has 3 aromatic rings. The molecule has 0 radical (unpaired) electrons. The van der Waals surface area contributed by atoms with Crippen LogP contribution in [0.25, 0.3) is 11.4 Å². The van der Waals surface area contributed by atoms with Gasteiger partial charge >= 0.3 is 6.03 Å².